The number of aromatic nitrogens is 1. The Kier molecular flexibility index (Phi) is 5.47. The van der Waals surface area contributed by atoms with Gasteiger partial charge in [-0.25, -0.2) is 4.98 Å². The van der Waals surface area contributed by atoms with E-state index in [1.54, 1.807) is 7.11 Å². The summed E-state index contributed by atoms with van der Waals surface area (Å²) in [7, 11) is 1.62. The molecule has 0 saturated heterocycles. The number of fused-ring (bicyclic) bond motifs is 1. The molecule has 0 saturated carbocycles. The van der Waals surface area contributed by atoms with E-state index in [1.807, 2.05) is 51.1 Å². The van der Waals surface area contributed by atoms with E-state index in [0.717, 1.165) is 50.3 Å². The summed E-state index contributed by atoms with van der Waals surface area (Å²) in [4.78, 5) is 18.5. The van der Waals surface area contributed by atoms with Crippen molar-refractivity contribution in [2.75, 3.05) is 12.4 Å². The third kappa shape index (κ3) is 4.02. The number of ether oxygens (including phenoxy) is 1. The van der Waals surface area contributed by atoms with E-state index in [2.05, 4.69) is 42.6 Å². The summed E-state index contributed by atoms with van der Waals surface area (Å²) in [6.45, 7) is 8.12. The van der Waals surface area contributed by atoms with Crippen LogP contribution in [0.1, 0.15) is 32.6 Å². The van der Waals surface area contributed by atoms with E-state index < -0.39 is 0 Å². The van der Waals surface area contributed by atoms with Gasteiger partial charge in [-0.1, -0.05) is 41.5 Å². The number of hydrogen-bond acceptors (Lipinski definition) is 3. The molecule has 4 heteroatoms. The lowest BCUT2D eigenvalue weighted by atomic mass is 9.94. The van der Waals surface area contributed by atoms with Gasteiger partial charge in [-0.15, -0.1) is 0 Å². The molecular weight excluding hydrogens is 384 g/mol. The van der Waals surface area contributed by atoms with Crippen LogP contribution in [0.4, 0.5) is 5.69 Å². The molecule has 1 heterocycles. The maximum absolute atomic E-state index is 13.5. The predicted octanol–water partition coefficient (Wildman–Crippen LogP) is 6.40. The highest BCUT2D eigenvalue weighted by molar-refractivity contribution is 6.15. The number of benzene rings is 3. The van der Waals surface area contributed by atoms with E-state index in [1.165, 1.54) is 5.56 Å². The number of rotatable bonds is 4. The first kappa shape index (κ1) is 20.6. The van der Waals surface area contributed by atoms with Gasteiger partial charge in [0.2, 0.25) is 0 Å². The monoisotopic (exact) mass is 410 g/mol. The van der Waals surface area contributed by atoms with Gasteiger partial charge in [0.25, 0.3) is 5.91 Å². The molecule has 0 unspecified atom stereocenters. The Hall–Kier alpha value is -3.66. The van der Waals surface area contributed by atoms with E-state index >= 15 is 0 Å². The zero-order chi connectivity index (χ0) is 22.1. The van der Waals surface area contributed by atoms with Crippen molar-refractivity contribution in [3.05, 3.63) is 88.5 Å². The Morgan fingerprint density at radius 3 is 2.19 bits per heavy atom. The molecule has 1 amide bonds. The maximum atomic E-state index is 13.5. The van der Waals surface area contributed by atoms with Crippen LogP contribution in [0.25, 0.3) is 22.2 Å². The first-order valence-electron chi connectivity index (χ1n) is 10.3. The highest BCUT2D eigenvalue weighted by Crippen LogP contribution is 2.32. The van der Waals surface area contributed by atoms with Crippen molar-refractivity contribution in [3.63, 3.8) is 0 Å². The molecule has 156 valence electrons. The molecule has 0 aliphatic heterocycles. The van der Waals surface area contributed by atoms with Crippen LogP contribution in [0.15, 0.2) is 60.7 Å². The summed E-state index contributed by atoms with van der Waals surface area (Å²) in [5.41, 5.74) is 8.28. The molecule has 4 aromatic rings. The molecule has 0 spiro atoms. The van der Waals surface area contributed by atoms with Gasteiger partial charge in [-0.2, -0.15) is 0 Å². The molecule has 0 atom stereocenters. The SMILES string of the molecule is COc1ccc(NC(=O)c2c(C)c(-c3ccc(C)cc3)nc3c(C)cc(C)cc23)cc1. The van der Waals surface area contributed by atoms with Crippen LogP contribution in [0, 0.1) is 27.7 Å². The fourth-order valence-electron chi connectivity index (χ4n) is 3.97. The Balaban J connectivity index is 1.89. The Morgan fingerprint density at radius 2 is 1.55 bits per heavy atom. The quantitative estimate of drug-likeness (QED) is 0.424. The number of hydrogen-bond donors (Lipinski definition) is 1. The lowest BCUT2D eigenvalue weighted by Gasteiger charge is -2.17. The van der Waals surface area contributed by atoms with Crippen LogP contribution in [0.5, 0.6) is 5.75 Å². The molecule has 31 heavy (non-hydrogen) atoms. The highest BCUT2D eigenvalue weighted by Gasteiger charge is 2.20. The van der Waals surface area contributed by atoms with Crippen molar-refractivity contribution >= 4 is 22.5 Å². The molecular formula is C27H26N2O2. The fourth-order valence-corrected chi connectivity index (χ4v) is 3.97. The number of methoxy groups -OCH3 is 1. The minimum absolute atomic E-state index is 0.145. The zero-order valence-electron chi connectivity index (χ0n) is 18.5. The normalized spacial score (nSPS) is 10.9. The third-order valence-electron chi connectivity index (χ3n) is 5.57. The average molecular weight is 411 g/mol. The predicted molar refractivity (Wildman–Crippen MR) is 127 cm³/mol. The van der Waals surface area contributed by atoms with Crippen LogP contribution < -0.4 is 10.1 Å². The summed E-state index contributed by atoms with van der Waals surface area (Å²) in [6, 6.07) is 19.8. The van der Waals surface area contributed by atoms with Crippen molar-refractivity contribution in [3.8, 4) is 17.0 Å². The molecule has 0 aliphatic rings. The Bertz CT molecular complexity index is 1270. The van der Waals surface area contributed by atoms with Crippen molar-refractivity contribution < 1.29 is 9.53 Å². The van der Waals surface area contributed by atoms with Gasteiger partial charge in [0.1, 0.15) is 5.75 Å². The fraction of sp³-hybridized carbons (Fsp3) is 0.185. The summed E-state index contributed by atoms with van der Waals surface area (Å²) in [5.74, 6) is 0.602. The second kappa shape index (κ2) is 8.23. The number of pyridine rings is 1. The van der Waals surface area contributed by atoms with Gasteiger partial charge in [-0.05, 0) is 69.2 Å². The molecule has 1 N–H and O–H groups in total. The van der Waals surface area contributed by atoms with E-state index in [4.69, 9.17) is 9.72 Å². The number of carbonyl (C=O) groups excluding carboxylic acids is 1. The second-order valence-corrected chi connectivity index (χ2v) is 7.99. The Morgan fingerprint density at radius 1 is 0.871 bits per heavy atom. The first-order valence-corrected chi connectivity index (χ1v) is 10.3. The van der Waals surface area contributed by atoms with E-state index in [0.29, 0.717) is 5.56 Å². The largest absolute Gasteiger partial charge is 0.497 e. The number of nitrogens with one attached hydrogen (secondary N) is 1. The molecule has 0 fully saturated rings. The van der Waals surface area contributed by atoms with Crippen LogP contribution in [0.3, 0.4) is 0 Å². The van der Waals surface area contributed by atoms with Gasteiger partial charge in [0.15, 0.2) is 0 Å². The van der Waals surface area contributed by atoms with E-state index in [9.17, 15) is 4.79 Å². The molecule has 0 radical (unpaired) electrons. The molecule has 3 aromatic carbocycles. The zero-order valence-corrected chi connectivity index (χ0v) is 18.5. The molecule has 4 rings (SSSR count). The van der Waals surface area contributed by atoms with Crippen LogP contribution in [0.2, 0.25) is 0 Å². The summed E-state index contributed by atoms with van der Waals surface area (Å²) >= 11 is 0. The number of nitrogens with zero attached hydrogens (tertiary/aromatic N) is 1. The van der Waals surface area contributed by atoms with Gasteiger partial charge in [0, 0.05) is 16.6 Å². The highest BCUT2D eigenvalue weighted by atomic mass is 16.5. The van der Waals surface area contributed by atoms with Crippen LogP contribution >= 0.6 is 0 Å². The topological polar surface area (TPSA) is 51.2 Å². The molecule has 0 aliphatic carbocycles. The number of carbonyl (C=O) groups is 1. The standard InChI is InChI=1S/C27H26N2O2/c1-16-6-8-20(9-7-16)26-19(4)24(23-15-17(2)14-18(3)25(23)29-26)27(30)28-21-10-12-22(31-5)13-11-21/h6-15H,1-5H3,(H,28,30). The van der Waals surface area contributed by atoms with Crippen LogP contribution in [-0.4, -0.2) is 18.0 Å². The summed E-state index contributed by atoms with van der Waals surface area (Å²) in [5, 5.41) is 3.92. The molecule has 1 aromatic heterocycles. The summed E-state index contributed by atoms with van der Waals surface area (Å²) in [6.07, 6.45) is 0. The first-order chi connectivity index (χ1) is 14.9. The summed E-state index contributed by atoms with van der Waals surface area (Å²) < 4.78 is 5.21. The lowest BCUT2D eigenvalue weighted by Crippen LogP contribution is -2.15. The van der Waals surface area contributed by atoms with Gasteiger partial charge >= 0.3 is 0 Å². The van der Waals surface area contributed by atoms with Crippen molar-refractivity contribution in [1.29, 1.82) is 0 Å². The maximum Gasteiger partial charge on any atom is 0.256 e. The van der Waals surface area contributed by atoms with Crippen LogP contribution in [-0.2, 0) is 0 Å². The van der Waals surface area contributed by atoms with Gasteiger partial charge in [-0.3, -0.25) is 4.79 Å². The lowest BCUT2D eigenvalue weighted by molar-refractivity contribution is 0.102. The minimum atomic E-state index is -0.145. The van der Waals surface area contributed by atoms with Crippen molar-refractivity contribution in [2.45, 2.75) is 27.7 Å². The number of aryl methyl sites for hydroxylation is 3. The van der Waals surface area contributed by atoms with E-state index in [-0.39, 0.29) is 5.91 Å². The van der Waals surface area contributed by atoms with Gasteiger partial charge < -0.3 is 10.1 Å². The molecule has 4 nitrogen and oxygen atoms in total. The number of amides is 1. The van der Waals surface area contributed by atoms with Crippen molar-refractivity contribution in [1.82, 2.24) is 4.98 Å². The van der Waals surface area contributed by atoms with Crippen molar-refractivity contribution in [2.24, 2.45) is 0 Å². The second-order valence-electron chi connectivity index (χ2n) is 7.99. The third-order valence-corrected chi connectivity index (χ3v) is 5.57. The molecule has 0 bridgehead atoms. The smallest absolute Gasteiger partial charge is 0.256 e. The average Bonchev–Trinajstić information content (AvgIpc) is 2.74. The Labute approximate surface area is 182 Å². The minimum Gasteiger partial charge on any atom is -0.497 e. The van der Waals surface area contributed by atoms with Gasteiger partial charge in [0.05, 0.1) is 23.9 Å². The number of anilines is 1.